The molecule has 0 spiro atoms. The van der Waals surface area contributed by atoms with E-state index < -0.39 is 17.5 Å². The summed E-state index contributed by atoms with van der Waals surface area (Å²) in [6.45, 7) is 4.67. The normalized spacial score (nSPS) is 21.5. The van der Waals surface area contributed by atoms with Gasteiger partial charge in [0.1, 0.15) is 5.54 Å². The highest BCUT2D eigenvalue weighted by Crippen LogP contribution is 2.26. The smallest absolute Gasteiger partial charge is 0.322 e. The molecular formula is C24H25N3O4. The lowest BCUT2D eigenvalue weighted by Crippen LogP contribution is -2.41. The molecule has 4 rings (SSSR count). The van der Waals surface area contributed by atoms with Crippen molar-refractivity contribution in [3.8, 4) is 0 Å². The Kier molecular flexibility index (Phi) is 5.35. The number of Topliss-reactive ketones (excluding diaryl/α,β-unsaturated/α-hetero) is 1. The lowest BCUT2D eigenvalue weighted by Gasteiger charge is -2.31. The minimum atomic E-state index is -1.15. The highest BCUT2D eigenvalue weighted by Gasteiger charge is 2.43. The summed E-state index contributed by atoms with van der Waals surface area (Å²) in [5.41, 5.74) is 1.82. The van der Waals surface area contributed by atoms with E-state index in [-0.39, 0.29) is 17.6 Å². The zero-order valence-electron chi connectivity index (χ0n) is 17.6. The molecular weight excluding hydrogens is 394 g/mol. The summed E-state index contributed by atoms with van der Waals surface area (Å²) in [4.78, 5) is 51.0. The van der Waals surface area contributed by atoms with Gasteiger partial charge in [0.05, 0.1) is 0 Å². The van der Waals surface area contributed by atoms with E-state index >= 15 is 0 Å². The predicted octanol–water partition coefficient (Wildman–Crippen LogP) is 2.78. The van der Waals surface area contributed by atoms with Gasteiger partial charge < -0.3 is 10.2 Å². The maximum Gasteiger partial charge on any atom is 0.322 e. The number of ketones is 1. The van der Waals surface area contributed by atoms with Crippen LogP contribution in [0.15, 0.2) is 48.5 Å². The van der Waals surface area contributed by atoms with Crippen LogP contribution >= 0.6 is 0 Å². The van der Waals surface area contributed by atoms with Crippen molar-refractivity contribution in [3.05, 3.63) is 70.8 Å². The van der Waals surface area contributed by atoms with E-state index in [4.69, 9.17) is 0 Å². The number of aryl methyl sites for hydroxylation is 1. The van der Waals surface area contributed by atoms with Crippen LogP contribution < -0.4 is 10.6 Å². The summed E-state index contributed by atoms with van der Waals surface area (Å²) in [6.07, 6.45) is 1.28. The monoisotopic (exact) mass is 419 g/mol. The minimum Gasteiger partial charge on any atom is -0.339 e. The van der Waals surface area contributed by atoms with E-state index in [9.17, 15) is 19.2 Å². The first kappa shape index (κ1) is 20.8. The van der Waals surface area contributed by atoms with E-state index in [0.29, 0.717) is 37.1 Å². The van der Waals surface area contributed by atoms with Crippen LogP contribution in [-0.4, -0.2) is 41.6 Å². The zero-order valence-corrected chi connectivity index (χ0v) is 17.6. The van der Waals surface area contributed by atoms with Gasteiger partial charge in [-0.1, -0.05) is 42.0 Å². The molecule has 0 bridgehead atoms. The van der Waals surface area contributed by atoms with Gasteiger partial charge in [0, 0.05) is 30.1 Å². The largest absolute Gasteiger partial charge is 0.339 e. The Morgan fingerprint density at radius 3 is 2.06 bits per heavy atom. The van der Waals surface area contributed by atoms with Crippen LogP contribution in [0, 0.1) is 12.8 Å². The predicted molar refractivity (Wildman–Crippen MR) is 115 cm³/mol. The standard InChI is InChI=1S/C24H25N3O4/c1-15-3-5-16(6-4-15)20(28)17-11-13-27(14-12-17)21(29)18-7-9-19(10-8-18)24(2)22(30)25-23(31)26-24/h3-10,17H,11-14H2,1-2H3,(H2,25,26,30,31). The molecule has 4 amide bonds. The highest BCUT2D eigenvalue weighted by atomic mass is 16.2. The third-order valence-electron chi connectivity index (χ3n) is 6.24. The number of carbonyl (C=O) groups is 4. The molecule has 2 heterocycles. The van der Waals surface area contributed by atoms with E-state index in [1.165, 1.54) is 0 Å². The number of imide groups is 1. The lowest BCUT2D eigenvalue weighted by molar-refractivity contribution is -0.123. The average molecular weight is 419 g/mol. The van der Waals surface area contributed by atoms with Gasteiger partial charge in [-0.25, -0.2) is 4.79 Å². The van der Waals surface area contributed by atoms with Crippen LogP contribution in [0.3, 0.4) is 0 Å². The number of amides is 4. The number of carbonyl (C=O) groups excluding carboxylic acids is 4. The maximum atomic E-state index is 12.9. The maximum absolute atomic E-state index is 12.9. The van der Waals surface area contributed by atoms with Crippen molar-refractivity contribution in [2.24, 2.45) is 5.92 Å². The molecule has 0 aliphatic carbocycles. The summed E-state index contributed by atoms with van der Waals surface area (Å²) in [7, 11) is 0. The second-order valence-corrected chi connectivity index (χ2v) is 8.41. The zero-order chi connectivity index (χ0) is 22.2. The molecule has 7 heteroatoms. The summed E-state index contributed by atoms with van der Waals surface area (Å²) in [6, 6.07) is 13.8. The SMILES string of the molecule is Cc1ccc(C(=O)C2CCN(C(=O)c3ccc(C4(C)NC(=O)NC4=O)cc3)CC2)cc1. The number of piperidine rings is 1. The van der Waals surface area contributed by atoms with Crippen molar-refractivity contribution in [2.75, 3.05) is 13.1 Å². The van der Waals surface area contributed by atoms with Crippen molar-refractivity contribution in [1.29, 1.82) is 0 Å². The van der Waals surface area contributed by atoms with Crippen molar-refractivity contribution in [1.82, 2.24) is 15.5 Å². The molecule has 2 aliphatic rings. The third kappa shape index (κ3) is 3.95. The van der Waals surface area contributed by atoms with Gasteiger partial charge in [-0.2, -0.15) is 0 Å². The number of hydrogen-bond donors (Lipinski definition) is 2. The lowest BCUT2D eigenvalue weighted by atomic mass is 9.88. The van der Waals surface area contributed by atoms with Crippen LogP contribution in [0.25, 0.3) is 0 Å². The Morgan fingerprint density at radius 1 is 0.935 bits per heavy atom. The molecule has 0 saturated carbocycles. The van der Waals surface area contributed by atoms with E-state index in [1.54, 1.807) is 36.1 Å². The summed E-state index contributed by atoms with van der Waals surface area (Å²) in [5.74, 6) is -0.449. The van der Waals surface area contributed by atoms with Crippen LogP contribution in [0.2, 0.25) is 0 Å². The van der Waals surface area contributed by atoms with E-state index in [1.807, 2.05) is 31.2 Å². The van der Waals surface area contributed by atoms with Gasteiger partial charge in [0.15, 0.2) is 5.78 Å². The van der Waals surface area contributed by atoms with Gasteiger partial charge >= 0.3 is 6.03 Å². The summed E-state index contributed by atoms with van der Waals surface area (Å²) < 4.78 is 0. The summed E-state index contributed by atoms with van der Waals surface area (Å²) >= 11 is 0. The number of hydrogen-bond acceptors (Lipinski definition) is 4. The Bertz CT molecular complexity index is 1040. The Morgan fingerprint density at radius 2 is 1.52 bits per heavy atom. The quantitative estimate of drug-likeness (QED) is 0.588. The van der Waals surface area contributed by atoms with Crippen molar-refractivity contribution >= 4 is 23.6 Å². The molecule has 160 valence electrons. The average Bonchev–Trinajstić information content (AvgIpc) is 3.05. The molecule has 0 aromatic heterocycles. The summed E-state index contributed by atoms with van der Waals surface area (Å²) in [5, 5.41) is 4.84. The van der Waals surface area contributed by atoms with Gasteiger partial charge in [-0.15, -0.1) is 0 Å². The van der Waals surface area contributed by atoms with Crippen LogP contribution in [-0.2, 0) is 10.3 Å². The van der Waals surface area contributed by atoms with Gasteiger partial charge in [-0.3, -0.25) is 19.7 Å². The van der Waals surface area contributed by atoms with Crippen LogP contribution in [0.4, 0.5) is 4.79 Å². The fraction of sp³-hybridized carbons (Fsp3) is 0.333. The topological polar surface area (TPSA) is 95.6 Å². The van der Waals surface area contributed by atoms with Crippen molar-refractivity contribution < 1.29 is 19.2 Å². The molecule has 7 nitrogen and oxygen atoms in total. The molecule has 2 N–H and O–H groups in total. The Balaban J connectivity index is 1.39. The number of rotatable bonds is 4. The highest BCUT2D eigenvalue weighted by molar-refractivity contribution is 6.07. The fourth-order valence-corrected chi connectivity index (χ4v) is 4.17. The number of likely N-dealkylation sites (tertiary alicyclic amines) is 1. The fourth-order valence-electron chi connectivity index (χ4n) is 4.17. The number of nitrogens with one attached hydrogen (secondary N) is 2. The second kappa shape index (κ2) is 7.98. The number of urea groups is 1. The third-order valence-corrected chi connectivity index (χ3v) is 6.24. The van der Waals surface area contributed by atoms with Gasteiger partial charge in [0.2, 0.25) is 0 Å². The van der Waals surface area contributed by atoms with Crippen LogP contribution in [0.5, 0.6) is 0 Å². The first-order valence-electron chi connectivity index (χ1n) is 10.4. The number of nitrogens with zero attached hydrogens (tertiary/aromatic N) is 1. The Hall–Kier alpha value is -3.48. The molecule has 1 unspecified atom stereocenters. The number of benzene rings is 2. The second-order valence-electron chi connectivity index (χ2n) is 8.41. The molecule has 2 aliphatic heterocycles. The molecule has 0 radical (unpaired) electrons. The Labute approximate surface area is 180 Å². The van der Waals surface area contributed by atoms with Crippen molar-refractivity contribution in [2.45, 2.75) is 32.2 Å². The first-order valence-corrected chi connectivity index (χ1v) is 10.4. The van der Waals surface area contributed by atoms with Crippen LogP contribution in [0.1, 0.15) is 51.6 Å². The molecule has 2 aromatic rings. The molecule has 2 aromatic carbocycles. The molecule has 31 heavy (non-hydrogen) atoms. The van der Waals surface area contributed by atoms with E-state index in [0.717, 1.165) is 11.1 Å². The molecule has 1 atom stereocenters. The molecule has 2 fully saturated rings. The minimum absolute atomic E-state index is 0.0708. The van der Waals surface area contributed by atoms with Gasteiger partial charge in [0.25, 0.3) is 11.8 Å². The molecule has 2 saturated heterocycles. The van der Waals surface area contributed by atoms with E-state index in [2.05, 4.69) is 10.6 Å². The first-order chi connectivity index (χ1) is 14.8. The van der Waals surface area contributed by atoms with Gasteiger partial charge in [-0.05, 0) is 44.4 Å². The van der Waals surface area contributed by atoms with Crippen molar-refractivity contribution in [3.63, 3.8) is 0 Å².